The standard InChI is InChI=1S/C31H27NO/c1-18-14-15-24-25(16-18)22-12-8-6-10-20(22)21-11-7-9-13-23(21)26-17-27-29(19(2)28(24)26)31(3,4)32(5)30(27)33/h6-17H,1-5H3. The molecule has 2 heteroatoms. The molecule has 0 saturated heterocycles. The van der Waals surface area contributed by atoms with Crippen LogP contribution in [0.15, 0.2) is 72.8 Å². The second kappa shape index (κ2) is 6.68. The topological polar surface area (TPSA) is 20.3 Å². The van der Waals surface area contributed by atoms with Gasteiger partial charge in [0.2, 0.25) is 0 Å². The van der Waals surface area contributed by atoms with Gasteiger partial charge in [0.25, 0.3) is 5.91 Å². The van der Waals surface area contributed by atoms with E-state index in [1.54, 1.807) is 0 Å². The Hall–Kier alpha value is -3.65. The summed E-state index contributed by atoms with van der Waals surface area (Å²) in [5.74, 6) is 0.102. The van der Waals surface area contributed by atoms with Crippen molar-refractivity contribution in [2.45, 2.75) is 33.2 Å². The van der Waals surface area contributed by atoms with E-state index in [1.807, 2.05) is 11.9 Å². The average molecular weight is 430 g/mol. The molecular weight excluding hydrogens is 402 g/mol. The summed E-state index contributed by atoms with van der Waals surface area (Å²) in [6.07, 6.45) is 0. The Morgan fingerprint density at radius 3 is 1.79 bits per heavy atom. The van der Waals surface area contributed by atoms with Gasteiger partial charge < -0.3 is 4.90 Å². The van der Waals surface area contributed by atoms with Crippen LogP contribution in [0.1, 0.15) is 40.9 Å². The Morgan fingerprint density at radius 2 is 1.18 bits per heavy atom. The maximum Gasteiger partial charge on any atom is 0.254 e. The number of hydrogen-bond donors (Lipinski definition) is 0. The Labute approximate surface area is 195 Å². The van der Waals surface area contributed by atoms with Gasteiger partial charge in [0.05, 0.1) is 5.54 Å². The van der Waals surface area contributed by atoms with E-state index < -0.39 is 0 Å². The molecule has 33 heavy (non-hydrogen) atoms. The van der Waals surface area contributed by atoms with Crippen LogP contribution in [0.5, 0.6) is 0 Å². The van der Waals surface area contributed by atoms with Crippen molar-refractivity contribution in [3.63, 3.8) is 0 Å². The van der Waals surface area contributed by atoms with E-state index in [4.69, 9.17) is 0 Å². The number of amides is 1. The second-order valence-corrected chi connectivity index (χ2v) is 9.91. The van der Waals surface area contributed by atoms with Gasteiger partial charge in [0.1, 0.15) is 0 Å². The number of nitrogens with zero attached hydrogens (tertiary/aromatic N) is 1. The van der Waals surface area contributed by atoms with Gasteiger partial charge in [-0.25, -0.2) is 0 Å². The molecule has 4 aromatic carbocycles. The summed E-state index contributed by atoms with van der Waals surface area (Å²) < 4.78 is 0. The number of aryl methyl sites for hydroxylation is 1. The summed E-state index contributed by atoms with van der Waals surface area (Å²) in [6.45, 7) is 8.66. The molecule has 4 aromatic rings. The molecule has 0 spiro atoms. The van der Waals surface area contributed by atoms with Crippen LogP contribution in [0.4, 0.5) is 0 Å². The molecule has 0 bridgehead atoms. The minimum atomic E-state index is -0.351. The summed E-state index contributed by atoms with van der Waals surface area (Å²) in [6, 6.07) is 26.2. The van der Waals surface area contributed by atoms with Crippen molar-refractivity contribution < 1.29 is 4.79 Å². The van der Waals surface area contributed by atoms with Gasteiger partial charge in [0.15, 0.2) is 0 Å². The van der Waals surface area contributed by atoms with Crippen LogP contribution in [0.2, 0.25) is 0 Å². The highest BCUT2D eigenvalue weighted by Crippen LogP contribution is 2.52. The first-order valence-corrected chi connectivity index (χ1v) is 11.6. The summed E-state index contributed by atoms with van der Waals surface area (Å²) in [7, 11) is 1.92. The largest absolute Gasteiger partial charge is 0.332 e. The van der Waals surface area contributed by atoms with E-state index in [1.165, 1.54) is 50.1 Å². The Morgan fingerprint density at radius 1 is 0.636 bits per heavy atom. The minimum absolute atomic E-state index is 0.102. The van der Waals surface area contributed by atoms with Gasteiger partial charge >= 0.3 is 0 Å². The number of benzene rings is 4. The van der Waals surface area contributed by atoms with Gasteiger partial charge in [-0.2, -0.15) is 0 Å². The van der Waals surface area contributed by atoms with E-state index in [2.05, 4.69) is 100 Å². The molecular formula is C31H27NO. The summed E-state index contributed by atoms with van der Waals surface area (Å²) in [5, 5.41) is 0. The Balaban J connectivity index is 1.85. The maximum absolute atomic E-state index is 13.3. The molecule has 0 atom stereocenters. The molecule has 1 aliphatic carbocycles. The molecule has 1 amide bonds. The summed E-state index contributed by atoms with van der Waals surface area (Å²) >= 11 is 0. The van der Waals surface area contributed by atoms with Crippen molar-refractivity contribution in [1.82, 2.24) is 4.90 Å². The molecule has 1 heterocycles. The Kier molecular flexibility index (Phi) is 4.05. The summed E-state index contributed by atoms with van der Waals surface area (Å²) in [4.78, 5) is 15.2. The highest BCUT2D eigenvalue weighted by Gasteiger charge is 2.43. The Bertz CT molecular complexity index is 1490. The predicted molar refractivity (Wildman–Crippen MR) is 136 cm³/mol. The number of hydrogen-bond acceptors (Lipinski definition) is 1. The van der Waals surface area contributed by atoms with Crippen molar-refractivity contribution in [2.75, 3.05) is 7.05 Å². The SMILES string of the molecule is Cc1ccc2c(c1)-c1ccccc1-c1ccccc1-c1cc3c(c(C)c1-2)C(C)(C)N(C)C3=O. The lowest BCUT2D eigenvalue weighted by Gasteiger charge is -2.31. The molecule has 0 N–H and O–H groups in total. The lowest BCUT2D eigenvalue weighted by molar-refractivity contribution is 0.0691. The molecule has 162 valence electrons. The van der Waals surface area contributed by atoms with Crippen LogP contribution >= 0.6 is 0 Å². The van der Waals surface area contributed by atoms with Crippen molar-refractivity contribution in [3.8, 4) is 44.5 Å². The fourth-order valence-electron chi connectivity index (χ4n) is 5.94. The second-order valence-electron chi connectivity index (χ2n) is 9.91. The third kappa shape index (κ3) is 2.58. The van der Waals surface area contributed by atoms with Crippen LogP contribution < -0.4 is 0 Å². The molecule has 0 aromatic heterocycles. The summed E-state index contributed by atoms with van der Waals surface area (Å²) in [5.41, 5.74) is 13.8. The monoisotopic (exact) mass is 429 g/mol. The molecule has 1 aliphatic heterocycles. The zero-order valence-corrected chi connectivity index (χ0v) is 19.8. The smallest absolute Gasteiger partial charge is 0.254 e. The van der Waals surface area contributed by atoms with Gasteiger partial charge in [-0.05, 0) is 89.4 Å². The van der Waals surface area contributed by atoms with Crippen LogP contribution in [0.3, 0.4) is 0 Å². The van der Waals surface area contributed by atoms with E-state index in [0.717, 1.165) is 16.7 Å². The maximum atomic E-state index is 13.3. The molecule has 0 fully saturated rings. The van der Waals surface area contributed by atoms with E-state index in [-0.39, 0.29) is 11.4 Å². The highest BCUT2D eigenvalue weighted by atomic mass is 16.2. The van der Waals surface area contributed by atoms with Gasteiger partial charge in [-0.1, -0.05) is 72.3 Å². The quantitative estimate of drug-likeness (QED) is 0.248. The lowest BCUT2D eigenvalue weighted by Crippen LogP contribution is -2.35. The highest BCUT2D eigenvalue weighted by molar-refractivity contribution is 6.08. The van der Waals surface area contributed by atoms with Crippen LogP contribution in [-0.2, 0) is 5.54 Å². The third-order valence-electron chi connectivity index (χ3n) is 7.73. The lowest BCUT2D eigenvalue weighted by atomic mass is 9.76. The molecule has 6 rings (SSSR count). The van der Waals surface area contributed by atoms with Crippen molar-refractivity contribution in [3.05, 3.63) is 95.1 Å². The predicted octanol–water partition coefficient (Wildman–Crippen LogP) is 7.61. The number of carbonyl (C=O) groups excluding carboxylic acids is 1. The first kappa shape index (κ1) is 20.0. The van der Waals surface area contributed by atoms with E-state index in [0.29, 0.717) is 0 Å². The van der Waals surface area contributed by atoms with Crippen molar-refractivity contribution in [2.24, 2.45) is 0 Å². The zero-order chi connectivity index (χ0) is 23.1. The van der Waals surface area contributed by atoms with Gasteiger partial charge in [-0.3, -0.25) is 4.79 Å². The first-order chi connectivity index (χ1) is 15.8. The normalized spacial score (nSPS) is 15.1. The van der Waals surface area contributed by atoms with Crippen molar-refractivity contribution >= 4 is 5.91 Å². The molecule has 0 saturated carbocycles. The van der Waals surface area contributed by atoms with Gasteiger partial charge in [-0.15, -0.1) is 0 Å². The van der Waals surface area contributed by atoms with Crippen LogP contribution in [0, 0.1) is 13.8 Å². The average Bonchev–Trinajstić information content (AvgIpc) is 2.98. The molecule has 0 unspecified atom stereocenters. The molecule has 2 nitrogen and oxygen atoms in total. The van der Waals surface area contributed by atoms with Gasteiger partial charge in [0, 0.05) is 12.6 Å². The fourth-order valence-corrected chi connectivity index (χ4v) is 5.94. The third-order valence-corrected chi connectivity index (χ3v) is 7.73. The van der Waals surface area contributed by atoms with E-state index >= 15 is 0 Å². The number of fused-ring (bicyclic) bond motifs is 9. The van der Waals surface area contributed by atoms with E-state index in [9.17, 15) is 4.79 Å². The fraction of sp³-hybridized carbons (Fsp3) is 0.194. The van der Waals surface area contributed by atoms with Crippen LogP contribution in [0.25, 0.3) is 44.5 Å². The molecule has 0 radical (unpaired) electrons. The number of carbonyl (C=O) groups is 1. The van der Waals surface area contributed by atoms with Crippen LogP contribution in [-0.4, -0.2) is 17.9 Å². The number of rotatable bonds is 0. The minimum Gasteiger partial charge on any atom is -0.332 e. The molecule has 2 aliphatic rings. The zero-order valence-electron chi connectivity index (χ0n) is 19.8. The first-order valence-electron chi connectivity index (χ1n) is 11.6. The van der Waals surface area contributed by atoms with Crippen molar-refractivity contribution in [1.29, 1.82) is 0 Å².